The van der Waals surface area contributed by atoms with Crippen molar-refractivity contribution in [2.24, 2.45) is 0 Å². The molecule has 0 atom stereocenters. The maximum atomic E-state index is 13.1. The van der Waals surface area contributed by atoms with Crippen LogP contribution in [0.25, 0.3) is 0 Å². The lowest BCUT2D eigenvalue weighted by Crippen LogP contribution is -2.12. The minimum absolute atomic E-state index is 0.00731. The van der Waals surface area contributed by atoms with E-state index < -0.39 is 0 Å². The van der Waals surface area contributed by atoms with Gasteiger partial charge in [-0.25, -0.2) is 4.39 Å². The van der Waals surface area contributed by atoms with Crippen molar-refractivity contribution in [3.63, 3.8) is 0 Å². The van der Waals surface area contributed by atoms with Crippen LogP contribution in [-0.2, 0) is 24.2 Å². The van der Waals surface area contributed by atoms with Crippen molar-refractivity contribution >= 4 is 17.4 Å². The quantitative estimate of drug-likeness (QED) is 0.847. The van der Waals surface area contributed by atoms with Crippen LogP contribution in [0.2, 0.25) is 5.02 Å². The standard InChI is InChI=1S/C15H16ClFN2O/c1-3-19-14(15(16)10(2)18-19)9-13(20)8-11-5-4-6-12(17)7-11/h4-7H,3,8-9H2,1-2H3. The van der Waals surface area contributed by atoms with E-state index in [9.17, 15) is 9.18 Å². The lowest BCUT2D eigenvalue weighted by molar-refractivity contribution is -0.117. The van der Waals surface area contributed by atoms with Crippen molar-refractivity contribution in [2.45, 2.75) is 33.2 Å². The fourth-order valence-corrected chi connectivity index (χ4v) is 2.36. The third-order valence-electron chi connectivity index (χ3n) is 3.11. The first-order chi connectivity index (χ1) is 9.51. The van der Waals surface area contributed by atoms with E-state index in [0.29, 0.717) is 17.1 Å². The van der Waals surface area contributed by atoms with Gasteiger partial charge >= 0.3 is 0 Å². The van der Waals surface area contributed by atoms with Crippen LogP contribution in [0.3, 0.4) is 0 Å². The van der Waals surface area contributed by atoms with Gasteiger partial charge in [0.25, 0.3) is 0 Å². The van der Waals surface area contributed by atoms with Crippen molar-refractivity contribution in [2.75, 3.05) is 0 Å². The number of benzene rings is 1. The zero-order valence-corrected chi connectivity index (χ0v) is 12.2. The predicted molar refractivity (Wildman–Crippen MR) is 76.5 cm³/mol. The number of carbonyl (C=O) groups excluding carboxylic acids is 1. The maximum absolute atomic E-state index is 13.1. The van der Waals surface area contributed by atoms with E-state index in [-0.39, 0.29) is 24.4 Å². The zero-order chi connectivity index (χ0) is 14.7. The Morgan fingerprint density at radius 3 is 2.80 bits per heavy atom. The number of aryl methyl sites for hydroxylation is 2. The first-order valence-electron chi connectivity index (χ1n) is 6.49. The Morgan fingerprint density at radius 2 is 2.15 bits per heavy atom. The van der Waals surface area contributed by atoms with Crippen LogP contribution in [0.4, 0.5) is 4.39 Å². The number of carbonyl (C=O) groups is 1. The van der Waals surface area contributed by atoms with Gasteiger partial charge < -0.3 is 0 Å². The number of halogens is 2. The summed E-state index contributed by atoms with van der Waals surface area (Å²) < 4.78 is 14.8. The van der Waals surface area contributed by atoms with E-state index in [2.05, 4.69) is 5.10 Å². The van der Waals surface area contributed by atoms with Gasteiger partial charge in [-0.3, -0.25) is 9.48 Å². The Bertz CT molecular complexity index is 637. The highest BCUT2D eigenvalue weighted by molar-refractivity contribution is 6.32. The van der Waals surface area contributed by atoms with Crippen molar-refractivity contribution < 1.29 is 9.18 Å². The Hall–Kier alpha value is -1.68. The van der Waals surface area contributed by atoms with E-state index in [1.165, 1.54) is 12.1 Å². The molecule has 0 spiro atoms. The molecule has 3 nitrogen and oxygen atoms in total. The molecule has 0 N–H and O–H groups in total. The molecule has 0 fully saturated rings. The molecular formula is C15H16ClFN2O. The summed E-state index contributed by atoms with van der Waals surface area (Å²) in [5, 5.41) is 4.82. The molecular weight excluding hydrogens is 279 g/mol. The van der Waals surface area contributed by atoms with Gasteiger partial charge in [0, 0.05) is 13.0 Å². The predicted octanol–water partition coefficient (Wildman–Crippen LogP) is 3.36. The summed E-state index contributed by atoms with van der Waals surface area (Å²) in [6.07, 6.45) is 0.409. The lowest BCUT2D eigenvalue weighted by Gasteiger charge is -2.05. The molecule has 0 aliphatic carbocycles. The molecule has 2 aromatic rings. The number of rotatable bonds is 5. The van der Waals surface area contributed by atoms with Gasteiger partial charge in [-0.15, -0.1) is 0 Å². The largest absolute Gasteiger partial charge is 0.299 e. The minimum atomic E-state index is -0.331. The molecule has 5 heteroatoms. The number of hydrogen-bond donors (Lipinski definition) is 0. The topological polar surface area (TPSA) is 34.9 Å². The third-order valence-corrected chi connectivity index (χ3v) is 3.60. The number of ketones is 1. The molecule has 1 aromatic carbocycles. The third kappa shape index (κ3) is 3.25. The second kappa shape index (κ2) is 6.18. The van der Waals surface area contributed by atoms with Gasteiger partial charge in [-0.1, -0.05) is 23.7 Å². The van der Waals surface area contributed by atoms with Gasteiger partial charge in [0.05, 0.1) is 22.8 Å². The summed E-state index contributed by atoms with van der Waals surface area (Å²) in [5.41, 5.74) is 2.13. The van der Waals surface area contributed by atoms with Gasteiger partial charge in [0.15, 0.2) is 0 Å². The summed E-state index contributed by atoms with van der Waals surface area (Å²) in [4.78, 5) is 12.1. The summed E-state index contributed by atoms with van der Waals surface area (Å²) in [7, 11) is 0. The highest BCUT2D eigenvalue weighted by atomic mass is 35.5. The normalized spacial score (nSPS) is 10.8. The summed E-state index contributed by atoms with van der Waals surface area (Å²) >= 11 is 6.17. The SMILES string of the molecule is CCn1nc(C)c(Cl)c1CC(=O)Cc1cccc(F)c1. The Kier molecular flexibility index (Phi) is 4.55. The first kappa shape index (κ1) is 14.7. The molecule has 0 unspecified atom stereocenters. The highest BCUT2D eigenvalue weighted by Crippen LogP contribution is 2.21. The minimum Gasteiger partial charge on any atom is -0.299 e. The Balaban J connectivity index is 2.12. The first-order valence-corrected chi connectivity index (χ1v) is 6.87. The summed E-state index contributed by atoms with van der Waals surface area (Å²) in [5.74, 6) is -0.338. The van der Waals surface area contributed by atoms with Crippen LogP contribution in [0.5, 0.6) is 0 Å². The van der Waals surface area contributed by atoms with Crippen LogP contribution < -0.4 is 0 Å². The smallest absolute Gasteiger partial charge is 0.143 e. The fraction of sp³-hybridized carbons (Fsp3) is 0.333. The van der Waals surface area contributed by atoms with E-state index >= 15 is 0 Å². The average Bonchev–Trinajstić information content (AvgIpc) is 2.66. The average molecular weight is 295 g/mol. The molecule has 0 amide bonds. The van der Waals surface area contributed by atoms with E-state index in [4.69, 9.17) is 11.6 Å². The molecule has 2 rings (SSSR count). The highest BCUT2D eigenvalue weighted by Gasteiger charge is 2.16. The van der Waals surface area contributed by atoms with E-state index in [1.54, 1.807) is 16.8 Å². The van der Waals surface area contributed by atoms with Gasteiger partial charge in [-0.05, 0) is 31.5 Å². The summed E-state index contributed by atoms with van der Waals surface area (Å²) in [6.45, 7) is 4.43. The molecule has 20 heavy (non-hydrogen) atoms. The number of Topliss-reactive ketones (excluding diaryl/α,β-unsaturated/α-hetero) is 1. The van der Waals surface area contributed by atoms with Crippen LogP contribution in [0.15, 0.2) is 24.3 Å². The Morgan fingerprint density at radius 1 is 1.40 bits per heavy atom. The molecule has 0 aliphatic rings. The monoisotopic (exact) mass is 294 g/mol. The zero-order valence-electron chi connectivity index (χ0n) is 11.5. The van der Waals surface area contributed by atoms with Gasteiger partial charge in [0.2, 0.25) is 0 Å². The molecule has 0 saturated heterocycles. The van der Waals surface area contributed by atoms with Crippen molar-refractivity contribution in [1.29, 1.82) is 0 Å². The van der Waals surface area contributed by atoms with E-state index in [0.717, 1.165) is 11.4 Å². The molecule has 0 aliphatic heterocycles. The van der Waals surface area contributed by atoms with Crippen LogP contribution in [0.1, 0.15) is 23.9 Å². The van der Waals surface area contributed by atoms with Gasteiger partial charge in [-0.2, -0.15) is 5.10 Å². The second-order valence-electron chi connectivity index (χ2n) is 4.68. The molecule has 106 valence electrons. The van der Waals surface area contributed by atoms with Crippen LogP contribution >= 0.6 is 11.6 Å². The van der Waals surface area contributed by atoms with E-state index in [1.807, 2.05) is 13.8 Å². The number of aromatic nitrogens is 2. The fourth-order valence-electron chi connectivity index (χ4n) is 2.16. The van der Waals surface area contributed by atoms with Crippen molar-refractivity contribution in [1.82, 2.24) is 9.78 Å². The number of nitrogens with zero attached hydrogens (tertiary/aromatic N) is 2. The van der Waals surface area contributed by atoms with Gasteiger partial charge in [0.1, 0.15) is 11.6 Å². The molecule has 0 radical (unpaired) electrons. The summed E-state index contributed by atoms with van der Waals surface area (Å²) in [6, 6.07) is 6.08. The lowest BCUT2D eigenvalue weighted by atomic mass is 10.1. The maximum Gasteiger partial charge on any atom is 0.143 e. The van der Waals surface area contributed by atoms with Crippen LogP contribution in [0, 0.1) is 12.7 Å². The molecule has 0 bridgehead atoms. The molecule has 0 saturated carbocycles. The number of hydrogen-bond acceptors (Lipinski definition) is 2. The van der Waals surface area contributed by atoms with Crippen LogP contribution in [-0.4, -0.2) is 15.6 Å². The molecule has 1 heterocycles. The van der Waals surface area contributed by atoms with Crippen molar-refractivity contribution in [3.05, 3.63) is 52.1 Å². The second-order valence-corrected chi connectivity index (χ2v) is 5.06. The molecule has 1 aromatic heterocycles. The Labute approximate surface area is 122 Å². The van der Waals surface area contributed by atoms with Crippen molar-refractivity contribution in [3.8, 4) is 0 Å².